The minimum atomic E-state index is -1.81. The quantitative estimate of drug-likeness (QED) is 0.841. The predicted molar refractivity (Wildman–Crippen MR) is 69.1 cm³/mol. The van der Waals surface area contributed by atoms with E-state index in [9.17, 15) is 0 Å². The highest BCUT2D eigenvalue weighted by molar-refractivity contribution is 6.74. The minimum Gasteiger partial charge on any atom is -0.440 e. The predicted octanol–water partition coefficient (Wildman–Crippen LogP) is 3.25. The van der Waals surface area contributed by atoms with E-state index in [1.165, 1.54) is 0 Å². The monoisotopic (exact) mass is 257 g/mol. The van der Waals surface area contributed by atoms with Crippen LogP contribution in [0.1, 0.15) is 45.4 Å². The molecule has 5 heteroatoms. The lowest BCUT2D eigenvalue weighted by Crippen LogP contribution is -2.41. The smallest absolute Gasteiger partial charge is 0.222 e. The molecular formula is C12H23NO3Si. The first-order valence-corrected chi connectivity index (χ1v) is 8.81. The number of hydrogen-bond donors (Lipinski definition) is 1. The summed E-state index contributed by atoms with van der Waals surface area (Å²) in [6.45, 7) is 12.8. The first-order chi connectivity index (χ1) is 7.67. The summed E-state index contributed by atoms with van der Waals surface area (Å²) in [5.41, 5.74) is 0. The Morgan fingerprint density at radius 2 is 2.06 bits per heavy atom. The highest BCUT2D eigenvalue weighted by atomic mass is 28.4. The van der Waals surface area contributed by atoms with Gasteiger partial charge in [-0.3, -0.25) is 0 Å². The molecule has 1 unspecified atom stereocenters. The number of aliphatic hydroxyl groups excluding tert-OH is 1. The molecule has 0 saturated carbocycles. The van der Waals surface area contributed by atoms with Crippen LogP contribution in [-0.4, -0.2) is 18.4 Å². The van der Waals surface area contributed by atoms with Crippen LogP contribution in [0.25, 0.3) is 0 Å². The summed E-state index contributed by atoms with van der Waals surface area (Å²) in [4.78, 5) is 4.12. The summed E-state index contributed by atoms with van der Waals surface area (Å²) in [7, 11) is -1.81. The van der Waals surface area contributed by atoms with Gasteiger partial charge >= 0.3 is 0 Å². The van der Waals surface area contributed by atoms with E-state index < -0.39 is 8.32 Å². The van der Waals surface area contributed by atoms with E-state index in [4.69, 9.17) is 13.9 Å². The molecule has 1 aromatic heterocycles. The fraction of sp³-hybridized carbons (Fsp3) is 0.750. The molecule has 0 aliphatic heterocycles. The van der Waals surface area contributed by atoms with Crippen LogP contribution in [0.4, 0.5) is 0 Å². The zero-order valence-corrected chi connectivity index (χ0v) is 12.6. The van der Waals surface area contributed by atoms with Crippen molar-refractivity contribution in [2.24, 2.45) is 0 Å². The van der Waals surface area contributed by atoms with Crippen LogP contribution in [0.2, 0.25) is 18.1 Å². The van der Waals surface area contributed by atoms with Gasteiger partial charge in [0.1, 0.15) is 18.5 Å². The maximum atomic E-state index is 8.93. The van der Waals surface area contributed by atoms with Gasteiger partial charge in [-0.2, -0.15) is 0 Å². The second-order valence-electron chi connectivity index (χ2n) is 5.84. The fourth-order valence-corrected chi connectivity index (χ4v) is 2.59. The molecule has 0 radical (unpaired) electrons. The van der Waals surface area contributed by atoms with Crippen LogP contribution in [0.3, 0.4) is 0 Å². The number of aromatic nitrogens is 1. The van der Waals surface area contributed by atoms with Crippen LogP contribution in [0.5, 0.6) is 0 Å². The summed E-state index contributed by atoms with van der Waals surface area (Å²) < 4.78 is 11.5. The standard InChI is InChI=1S/C12H23NO3Si/c1-9(11-13-7-10(8-14)15-11)16-17(5,6)12(2,3)4/h7,9,14H,8H2,1-6H3. The Kier molecular flexibility index (Phi) is 4.17. The number of rotatable bonds is 4. The molecule has 0 spiro atoms. The Morgan fingerprint density at radius 1 is 1.47 bits per heavy atom. The van der Waals surface area contributed by atoms with Crippen LogP contribution in [-0.2, 0) is 11.0 Å². The molecule has 0 amide bonds. The van der Waals surface area contributed by atoms with Gasteiger partial charge in [-0.1, -0.05) is 20.8 Å². The number of oxazole rings is 1. The van der Waals surface area contributed by atoms with Gasteiger partial charge < -0.3 is 13.9 Å². The lowest BCUT2D eigenvalue weighted by molar-refractivity contribution is 0.160. The summed E-state index contributed by atoms with van der Waals surface area (Å²) in [5.74, 6) is 1.02. The maximum absolute atomic E-state index is 8.93. The van der Waals surface area contributed by atoms with Crippen LogP contribution < -0.4 is 0 Å². The first kappa shape index (κ1) is 14.4. The molecule has 0 fully saturated rings. The van der Waals surface area contributed by atoms with Crippen molar-refractivity contribution in [3.8, 4) is 0 Å². The van der Waals surface area contributed by atoms with Gasteiger partial charge in [0.2, 0.25) is 5.89 Å². The van der Waals surface area contributed by atoms with E-state index in [2.05, 4.69) is 38.8 Å². The Bertz CT molecular complexity index is 368. The molecule has 17 heavy (non-hydrogen) atoms. The summed E-state index contributed by atoms with van der Waals surface area (Å²) in [6, 6.07) is 0. The van der Waals surface area contributed by atoms with Crippen LogP contribution >= 0.6 is 0 Å². The Balaban J connectivity index is 2.75. The molecular weight excluding hydrogens is 234 g/mol. The Morgan fingerprint density at radius 3 is 2.47 bits per heavy atom. The highest BCUT2D eigenvalue weighted by Gasteiger charge is 2.39. The van der Waals surface area contributed by atoms with Gasteiger partial charge in [0.25, 0.3) is 0 Å². The van der Waals surface area contributed by atoms with Crippen molar-refractivity contribution in [2.45, 2.75) is 58.5 Å². The van der Waals surface area contributed by atoms with Crippen molar-refractivity contribution in [1.29, 1.82) is 0 Å². The SMILES string of the molecule is CC(O[Si](C)(C)C(C)(C)C)c1ncc(CO)o1. The summed E-state index contributed by atoms with van der Waals surface area (Å²) in [6.07, 6.45) is 1.37. The molecule has 0 saturated heterocycles. The highest BCUT2D eigenvalue weighted by Crippen LogP contribution is 2.39. The molecule has 0 aromatic carbocycles. The Labute approximate surface area is 104 Å². The van der Waals surface area contributed by atoms with E-state index in [0.29, 0.717) is 11.7 Å². The molecule has 0 bridgehead atoms. The number of hydrogen-bond acceptors (Lipinski definition) is 4. The first-order valence-electron chi connectivity index (χ1n) is 5.90. The van der Waals surface area contributed by atoms with Gasteiger partial charge in [-0.05, 0) is 25.1 Å². The second-order valence-corrected chi connectivity index (χ2v) is 10.6. The molecule has 4 nitrogen and oxygen atoms in total. The summed E-state index contributed by atoms with van der Waals surface area (Å²) in [5, 5.41) is 9.09. The topological polar surface area (TPSA) is 55.5 Å². The average Bonchev–Trinajstić information content (AvgIpc) is 2.63. The van der Waals surface area contributed by atoms with Crippen molar-refractivity contribution < 1.29 is 13.9 Å². The molecule has 1 heterocycles. The maximum Gasteiger partial charge on any atom is 0.222 e. The lowest BCUT2D eigenvalue weighted by atomic mass is 10.2. The third-order valence-corrected chi connectivity index (χ3v) is 7.91. The largest absolute Gasteiger partial charge is 0.440 e. The normalized spacial score (nSPS) is 15.0. The van der Waals surface area contributed by atoms with Crippen molar-refractivity contribution >= 4 is 8.32 Å². The van der Waals surface area contributed by atoms with Crippen LogP contribution in [0.15, 0.2) is 10.6 Å². The van der Waals surface area contributed by atoms with Gasteiger partial charge in [-0.15, -0.1) is 0 Å². The molecule has 1 N–H and O–H groups in total. The molecule has 0 aliphatic carbocycles. The van der Waals surface area contributed by atoms with E-state index in [0.717, 1.165) is 0 Å². The minimum absolute atomic E-state index is 0.125. The summed E-state index contributed by atoms with van der Waals surface area (Å²) >= 11 is 0. The number of aliphatic hydroxyl groups is 1. The Hall–Kier alpha value is -0.653. The molecule has 0 aliphatic rings. The van der Waals surface area contributed by atoms with Gasteiger partial charge in [0.15, 0.2) is 8.32 Å². The van der Waals surface area contributed by atoms with E-state index in [1.54, 1.807) is 6.20 Å². The average molecular weight is 257 g/mol. The number of nitrogens with zero attached hydrogens (tertiary/aromatic N) is 1. The molecule has 98 valence electrons. The van der Waals surface area contributed by atoms with Crippen molar-refractivity contribution in [3.05, 3.63) is 17.8 Å². The fourth-order valence-electron chi connectivity index (χ4n) is 1.25. The zero-order valence-electron chi connectivity index (χ0n) is 11.6. The van der Waals surface area contributed by atoms with Crippen molar-refractivity contribution in [1.82, 2.24) is 4.98 Å². The van der Waals surface area contributed by atoms with Crippen molar-refractivity contribution in [3.63, 3.8) is 0 Å². The second kappa shape index (κ2) is 4.92. The van der Waals surface area contributed by atoms with E-state index in [1.807, 2.05) is 6.92 Å². The third kappa shape index (κ3) is 3.40. The van der Waals surface area contributed by atoms with Gasteiger partial charge in [-0.25, -0.2) is 4.98 Å². The van der Waals surface area contributed by atoms with E-state index in [-0.39, 0.29) is 17.7 Å². The molecule has 1 rings (SSSR count). The van der Waals surface area contributed by atoms with E-state index >= 15 is 0 Å². The third-order valence-electron chi connectivity index (χ3n) is 3.35. The molecule has 1 aromatic rings. The van der Waals surface area contributed by atoms with Crippen molar-refractivity contribution in [2.75, 3.05) is 0 Å². The lowest BCUT2D eigenvalue weighted by Gasteiger charge is -2.37. The van der Waals surface area contributed by atoms with Gasteiger partial charge in [0.05, 0.1) is 6.20 Å². The molecule has 1 atom stereocenters. The zero-order chi connectivity index (χ0) is 13.3. The van der Waals surface area contributed by atoms with Gasteiger partial charge in [0, 0.05) is 0 Å². The van der Waals surface area contributed by atoms with Crippen LogP contribution in [0, 0.1) is 0 Å².